The van der Waals surface area contributed by atoms with Crippen molar-refractivity contribution in [3.63, 3.8) is 0 Å². The van der Waals surface area contributed by atoms with Gasteiger partial charge in [-0.2, -0.15) is 0 Å². The lowest BCUT2D eigenvalue weighted by atomic mass is 9.99. The zero-order valence-electron chi connectivity index (χ0n) is 9.16. The summed E-state index contributed by atoms with van der Waals surface area (Å²) >= 11 is 0. The van der Waals surface area contributed by atoms with E-state index in [9.17, 15) is 5.11 Å². The van der Waals surface area contributed by atoms with E-state index in [-0.39, 0.29) is 0 Å². The van der Waals surface area contributed by atoms with Crippen LogP contribution >= 0.6 is 0 Å². The van der Waals surface area contributed by atoms with Gasteiger partial charge in [0.15, 0.2) is 0 Å². The van der Waals surface area contributed by atoms with Gasteiger partial charge in [-0.05, 0) is 31.1 Å². The number of ether oxygens (including phenoxy) is 1. The van der Waals surface area contributed by atoms with Crippen LogP contribution in [0.1, 0.15) is 29.2 Å². The van der Waals surface area contributed by atoms with Gasteiger partial charge < -0.3 is 9.84 Å². The number of aliphatic hydroxyl groups excluding tert-OH is 1. The van der Waals surface area contributed by atoms with E-state index in [2.05, 4.69) is 6.07 Å². The number of rotatable bonds is 2. The van der Waals surface area contributed by atoms with Crippen molar-refractivity contribution in [2.45, 2.75) is 26.4 Å². The summed E-state index contributed by atoms with van der Waals surface area (Å²) in [4.78, 5) is 0. The standard InChI is InChI=1S/C13H16O2/c1-9-5-6-10(2)11(8-9)13(14)12-4-3-7-15-12/h4-6,8,13-14H,3,7H2,1-2H3. The lowest BCUT2D eigenvalue weighted by Crippen LogP contribution is -2.04. The molecule has 0 saturated heterocycles. The lowest BCUT2D eigenvalue weighted by molar-refractivity contribution is 0.118. The molecule has 1 atom stereocenters. The summed E-state index contributed by atoms with van der Waals surface area (Å²) in [5.74, 6) is 0.698. The van der Waals surface area contributed by atoms with E-state index in [0.717, 1.165) is 23.1 Å². The smallest absolute Gasteiger partial charge is 0.136 e. The molecule has 0 spiro atoms. The molecule has 2 nitrogen and oxygen atoms in total. The van der Waals surface area contributed by atoms with Gasteiger partial charge in [-0.15, -0.1) is 0 Å². The van der Waals surface area contributed by atoms with Gasteiger partial charge in [0, 0.05) is 6.42 Å². The second-order valence-corrected chi connectivity index (χ2v) is 4.01. The van der Waals surface area contributed by atoms with Gasteiger partial charge in [-0.3, -0.25) is 0 Å². The van der Waals surface area contributed by atoms with Gasteiger partial charge in [-0.25, -0.2) is 0 Å². The number of benzene rings is 1. The van der Waals surface area contributed by atoms with Crippen molar-refractivity contribution in [1.29, 1.82) is 0 Å². The number of hydrogen-bond donors (Lipinski definition) is 1. The number of aryl methyl sites for hydroxylation is 2. The van der Waals surface area contributed by atoms with Crippen LogP contribution in [0.15, 0.2) is 30.0 Å². The molecular weight excluding hydrogens is 188 g/mol. The summed E-state index contributed by atoms with van der Waals surface area (Å²) in [6.45, 7) is 4.73. The fourth-order valence-electron chi connectivity index (χ4n) is 1.84. The first-order valence-corrected chi connectivity index (χ1v) is 5.26. The van der Waals surface area contributed by atoms with Crippen LogP contribution in [0.4, 0.5) is 0 Å². The van der Waals surface area contributed by atoms with Crippen molar-refractivity contribution in [2.75, 3.05) is 6.61 Å². The van der Waals surface area contributed by atoms with Gasteiger partial charge in [0.1, 0.15) is 11.9 Å². The highest BCUT2D eigenvalue weighted by molar-refractivity contribution is 5.35. The highest BCUT2D eigenvalue weighted by Gasteiger charge is 2.19. The van der Waals surface area contributed by atoms with Crippen LogP contribution in [-0.4, -0.2) is 11.7 Å². The van der Waals surface area contributed by atoms with Gasteiger partial charge in [0.2, 0.25) is 0 Å². The predicted octanol–water partition coefficient (Wildman–Crippen LogP) is 2.64. The average Bonchev–Trinajstić information content (AvgIpc) is 2.74. The Kier molecular flexibility index (Phi) is 2.78. The molecule has 1 N–H and O–H groups in total. The summed E-state index contributed by atoms with van der Waals surface area (Å²) in [5, 5.41) is 10.1. The van der Waals surface area contributed by atoms with Crippen molar-refractivity contribution in [3.8, 4) is 0 Å². The van der Waals surface area contributed by atoms with Crippen LogP contribution < -0.4 is 0 Å². The Bertz CT molecular complexity index is 394. The fourth-order valence-corrected chi connectivity index (χ4v) is 1.84. The molecule has 80 valence electrons. The molecule has 0 aliphatic carbocycles. The van der Waals surface area contributed by atoms with Crippen molar-refractivity contribution < 1.29 is 9.84 Å². The van der Waals surface area contributed by atoms with Crippen molar-refractivity contribution >= 4 is 0 Å². The summed E-state index contributed by atoms with van der Waals surface area (Å²) < 4.78 is 5.38. The first-order valence-electron chi connectivity index (χ1n) is 5.26. The Morgan fingerprint density at radius 2 is 2.13 bits per heavy atom. The zero-order valence-corrected chi connectivity index (χ0v) is 9.16. The van der Waals surface area contributed by atoms with Crippen LogP contribution in [0.25, 0.3) is 0 Å². The molecule has 1 aliphatic heterocycles. The quantitative estimate of drug-likeness (QED) is 0.802. The van der Waals surface area contributed by atoms with Crippen LogP contribution in [0.5, 0.6) is 0 Å². The highest BCUT2D eigenvalue weighted by atomic mass is 16.5. The largest absolute Gasteiger partial charge is 0.495 e. The molecule has 0 radical (unpaired) electrons. The van der Waals surface area contributed by atoms with Crippen LogP contribution in [-0.2, 0) is 4.74 Å². The zero-order chi connectivity index (χ0) is 10.8. The van der Waals surface area contributed by atoms with E-state index < -0.39 is 6.10 Å². The topological polar surface area (TPSA) is 29.5 Å². The molecular formula is C13H16O2. The van der Waals surface area contributed by atoms with Crippen molar-refractivity contribution in [2.24, 2.45) is 0 Å². The first kappa shape index (κ1) is 10.2. The van der Waals surface area contributed by atoms with E-state index in [1.165, 1.54) is 0 Å². The molecule has 2 heteroatoms. The van der Waals surface area contributed by atoms with Gasteiger partial charge in [0.25, 0.3) is 0 Å². The van der Waals surface area contributed by atoms with E-state index in [0.29, 0.717) is 12.4 Å². The average molecular weight is 204 g/mol. The summed E-state index contributed by atoms with van der Waals surface area (Å²) in [6, 6.07) is 6.10. The summed E-state index contributed by atoms with van der Waals surface area (Å²) in [7, 11) is 0. The Morgan fingerprint density at radius 3 is 2.80 bits per heavy atom. The molecule has 2 rings (SSSR count). The van der Waals surface area contributed by atoms with E-state index in [1.807, 2.05) is 32.1 Å². The van der Waals surface area contributed by atoms with Gasteiger partial charge >= 0.3 is 0 Å². The van der Waals surface area contributed by atoms with Crippen LogP contribution in [0.3, 0.4) is 0 Å². The summed E-state index contributed by atoms with van der Waals surface area (Å²) in [5.41, 5.74) is 3.21. The lowest BCUT2D eigenvalue weighted by Gasteiger charge is -2.15. The second-order valence-electron chi connectivity index (χ2n) is 4.01. The fraction of sp³-hybridized carbons (Fsp3) is 0.385. The third-order valence-electron chi connectivity index (χ3n) is 2.73. The predicted molar refractivity (Wildman–Crippen MR) is 59.5 cm³/mol. The normalized spacial score (nSPS) is 17.1. The minimum Gasteiger partial charge on any atom is -0.495 e. The maximum absolute atomic E-state index is 10.1. The van der Waals surface area contributed by atoms with Crippen molar-refractivity contribution in [1.82, 2.24) is 0 Å². The Balaban J connectivity index is 2.31. The van der Waals surface area contributed by atoms with Crippen LogP contribution in [0, 0.1) is 13.8 Å². The minimum atomic E-state index is -0.604. The van der Waals surface area contributed by atoms with E-state index in [1.54, 1.807) is 0 Å². The van der Waals surface area contributed by atoms with E-state index >= 15 is 0 Å². The second kappa shape index (κ2) is 4.07. The maximum atomic E-state index is 10.1. The van der Waals surface area contributed by atoms with Gasteiger partial charge in [-0.1, -0.05) is 23.8 Å². The molecule has 0 saturated carbocycles. The maximum Gasteiger partial charge on any atom is 0.136 e. The molecule has 1 heterocycles. The third-order valence-corrected chi connectivity index (χ3v) is 2.73. The Morgan fingerprint density at radius 1 is 1.33 bits per heavy atom. The first-order chi connectivity index (χ1) is 7.18. The molecule has 0 amide bonds. The molecule has 0 bridgehead atoms. The minimum absolute atomic E-state index is 0.604. The molecule has 1 aliphatic rings. The van der Waals surface area contributed by atoms with Gasteiger partial charge in [0.05, 0.1) is 6.61 Å². The third kappa shape index (κ3) is 2.05. The molecule has 1 unspecified atom stereocenters. The Labute approximate surface area is 90.2 Å². The van der Waals surface area contributed by atoms with Crippen LogP contribution in [0.2, 0.25) is 0 Å². The molecule has 1 aromatic carbocycles. The molecule has 0 aromatic heterocycles. The Hall–Kier alpha value is -1.28. The molecule has 0 fully saturated rings. The van der Waals surface area contributed by atoms with E-state index in [4.69, 9.17) is 4.74 Å². The van der Waals surface area contributed by atoms with Crippen molar-refractivity contribution in [3.05, 3.63) is 46.7 Å². The molecule has 1 aromatic rings. The number of hydrogen-bond acceptors (Lipinski definition) is 2. The SMILES string of the molecule is Cc1ccc(C)c(C(O)C2=CCCO2)c1. The monoisotopic (exact) mass is 204 g/mol. The molecule has 15 heavy (non-hydrogen) atoms. The highest BCUT2D eigenvalue weighted by Crippen LogP contribution is 2.28. The number of aliphatic hydroxyl groups is 1. The summed E-state index contributed by atoms with van der Waals surface area (Å²) in [6.07, 6.45) is 2.26.